The predicted octanol–water partition coefficient (Wildman–Crippen LogP) is 6.45. The van der Waals surface area contributed by atoms with Gasteiger partial charge in [0, 0.05) is 38.4 Å². The fourth-order valence-electron chi connectivity index (χ4n) is 3.99. The van der Waals surface area contributed by atoms with Crippen molar-refractivity contribution in [3.8, 4) is 11.1 Å². The second kappa shape index (κ2) is 9.36. The largest absolute Gasteiger partial charge is 0.266 e. The van der Waals surface area contributed by atoms with Crippen LogP contribution in [0, 0.1) is 32.6 Å². The van der Waals surface area contributed by atoms with Crippen molar-refractivity contribution in [2.45, 2.75) is 81.2 Å². The van der Waals surface area contributed by atoms with E-state index < -0.39 is 0 Å². The van der Waals surface area contributed by atoms with E-state index >= 15 is 0 Å². The second-order valence-corrected chi connectivity index (χ2v) is 8.74. The van der Waals surface area contributed by atoms with Gasteiger partial charge in [-0.1, -0.05) is 45.4 Å². The number of hydrogen-bond acceptors (Lipinski definition) is 1. The van der Waals surface area contributed by atoms with Crippen LogP contribution in [0.4, 0.5) is 0 Å². The zero-order chi connectivity index (χ0) is 18.9. The smallest absolute Gasteiger partial charge is 0.0675 e. The van der Waals surface area contributed by atoms with Crippen LogP contribution in [0.5, 0.6) is 0 Å². The van der Waals surface area contributed by atoms with Gasteiger partial charge in [0.2, 0.25) is 0 Å². The Hall–Kier alpha value is -0.882. The van der Waals surface area contributed by atoms with Crippen LogP contribution in [0.1, 0.15) is 75.7 Å². The maximum Gasteiger partial charge on any atom is 0.0675 e. The second-order valence-electron chi connectivity index (χ2n) is 8.74. The Morgan fingerprint density at radius 3 is 1.62 bits per heavy atom. The summed E-state index contributed by atoms with van der Waals surface area (Å²) in [5.41, 5.74) is 9.62. The zero-order valence-corrected chi connectivity index (χ0v) is 20.3. The van der Waals surface area contributed by atoms with E-state index in [1.807, 2.05) is 0 Å². The minimum Gasteiger partial charge on any atom is -0.266 e. The Bertz CT molecular complexity index is 708. The molecule has 0 amide bonds. The summed E-state index contributed by atoms with van der Waals surface area (Å²) in [6.07, 6.45) is 2.24. The summed E-state index contributed by atoms with van der Waals surface area (Å²) in [6, 6.07) is 5.18. The number of rotatable bonds is 6. The summed E-state index contributed by atoms with van der Waals surface area (Å²) in [4.78, 5) is 0. The molecule has 0 saturated heterocycles. The van der Waals surface area contributed by atoms with Crippen molar-refractivity contribution in [2.24, 2.45) is 11.8 Å². The Morgan fingerprint density at radius 2 is 1.27 bits per heavy atom. The first-order valence-electron chi connectivity index (χ1n) is 9.80. The average Bonchev–Trinajstić information content (AvgIpc) is 2.73. The van der Waals surface area contributed by atoms with E-state index in [4.69, 9.17) is 5.10 Å². The van der Waals surface area contributed by atoms with Crippen molar-refractivity contribution in [1.82, 2.24) is 9.78 Å². The van der Waals surface area contributed by atoms with Crippen molar-refractivity contribution >= 4 is 0 Å². The summed E-state index contributed by atoms with van der Waals surface area (Å²) in [6.45, 7) is 20.3. The van der Waals surface area contributed by atoms with Crippen molar-refractivity contribution in [1.29, 1.82) is 0 Å². The number of hydrogen-bond donors (Lipinski definition) is 0. The van der Waals surface area contributed by atoms with Gasteiger partial charge in [-0.2, -0.15) is 5.10 Å². The van der Waals surface area contributed by atoms with E-state index in [2.05, 4.69) is 79.1 Å². The van der Waals surface area contributed by atoms with Crippen molar-refractivity contribution in [2.75, 3.05) is 0 Å². The molecule has 0 aliphatic carbocycles. The fourth-order valence-corrected chi connectivity index (χ4v) is 3.99. The van der Waals surface area contributed by atoms with Crippen LogP contribution in [0.3, 0.4) is 0 Å². The van der Waals surface area contributed by atoms with E-state index in [1.54, 1.807) is 0 Å². The maximum atomic E-state index is 4.87. The van der Waals surface area contributed by atoms with Crippen LogP contribution in [-0.2, 0) is 33.9 Å². The molecule has 1 aromatic carbocycles. The Morgan fingerprint density at radius 1 is 0.808 bits per heavy atom. The third kappa shape index (κ3) is 5.09. The summed E-state index contributed by atoms with van der Waals surface area (Å²) in [5.74, 6) is 1.29. The van der Waals surface area contributed by atoms with Crippen molar-refractivity contribution < 1.29 is 21.1 Å². The number of aryl methyl sites for hydroxylation is 2. The average molecular weight is 536 g/mol. The molecule has 3 heteroatoms. The van der Waals surface area contributed by atoms with Gasteiger partial charge in [0.15, 0.2) is 0 Å². The summed E-state index contributed by atoms with van der Waals surface area (Å²) < 4.78 is 2.18. The van der Waals surface area contributed by atoms with Crippen LogP contribution in [0.25, 0.3) is 11.1 Å². The zero-order valence-electron chi connectivity index (χ0n) is 18.0. The Kier molecular flexibility index (Phi) is 8.33. The molecule has 148 valence electrons. The van der Waals surface area contributed by atoms with Crippen LogP contribution in [-0.4, -0.2) is 9.78 Å². The normalized spacial score (nSPS) is 11.5. The van der Waals surface area contributed by atoms with E-state index in [0.717, 1.165) is 18.5 Å². The van der Waals surface area contributed by atoms with Gasteiger partial charge in [-0.3, -0.25) is 4.68 Å². The maximum absolute atomic E-state index is 4.87. The molecule has 0 aliphatic rings. The van der Waals surface area contributed by atoms with Gasteiger partial charge in [0.1, 0.15) is 0 Å². The molecule has 26 heavy (non-hydrogen) atoms. The fraction of sp³-hybridized carbons (Fsp3) is 0.609. The van der Waals surface area contributed by atoms with Crippen LogP contribution in [0.2, 0.25) is 0 Å². The van der Waals surface area contributed by atoms with Gasteiger partial charge in [-0.05, 0) is 76.0 Å². The monoisotopic (exact) mass is 535 g/mol. The number of nitrogens with zero attached hydrogens (tertiary/aromatic N) is 2. The molecule has 2 nitrogen and oxygen atoms in total. The van der Waals surface area contributed by atoms with Gasteiger partial charge in [-0.25, -0.2) is 0 Å². The predicted molar refractivity (Wildman–Crippen MR) is 109 cm³/mol. The topological polar surface area (TPSA) is 17.8 Å². The quantitative estimate of drug-likeness (QED) is 0.416. The SMILES string of the molecule is Cc1cc(CC(C)C)c(-c2c(C)nn(C(C)C)c2C)c(CC(C)C)c1.[Pt]. The van der Waals surface area contributed by atoms with Crippen LogP contribution < -0.4 is 0 Å². The molecule has 2 aromatic rings. The van der Waals surface area contributed by atoms with Gasteiger partial charge < -0.3 is 0 Å². The molecule has 0 N–H and O–H groups in total. The number of aromatic nitrogens is 2. The van der Waals surface area contributed by atoms with Crippen molar-refractivity contribution in [3.63, 3.8) is 0 Å². The minimum absolute atomic E-state index is 0. The Balaban J connectivity index is 0.00000338. The van der Waals surface area contributed by atoms with E-state index in [-0.39, 0.29) is 21.1 Å². The van der Waals surface area contributed by atoms with E-state index in [1.165, 1.54) is 33.5 Å². The Labute approximate surface area is 175 Å². The third-order valence-corrected chi connectivity index (χ3v) is 4.77. The van der Waals surface area contributed by atoms with Crippen LogP contribution in [0.15, 0.2) is 12.1 Å². The molecule has 2 rings (SSSR count). The molecule has 0 saturated carbocycles. The van der Waals surface area contributed by atoms with Gasteiger partial charge >= 0.3 is 0 Å². The molecule has 0 unspecified atom stereocenters. The molecule has 1 heterocycles. The molecular formula is C23H36N2Pt. The first kappa shape index (κ1) is 23.2. The minimum atomic E-state index is 0. The first-order chi connectivity index (χ1) is 11.6. The summed E-state index contributed by atoms with van der Waals surface area (Å²) in [5, 5.41) is 4.87. The molecule has 0 atom stereocenters. The molecule has 0 aliphatic heterocycles. The van der Waals surface area contributed by atoms with E-state index in [9.17, 15) is 0 Å². The first-order valence-corrected chi connectivity index (χ1v) is 9.80. The molecular weight excluding hydrogens is 499 g/mol. The van der Waals surface area contributed by atoms with Crippen LogP contribution >= 0.6 is 0 Å². The molecule has 0 fully saturated rings. The molecule has 0 radical (unpaired) electrons. The molecule has 1 aromatic heterocycles. The summed E-state index contributed by atoms with van der Waals surface area (Å²) >= 11 is 0. The van der Waals surface area contributed by atoms with E-state index in [0.29, 0.717) is 17.9 Å². The summed E-state index contributed by atoms with van der Waals surface area (Å²) in [7, 11) is 0. The van der Waals surface area contributed by atoms with Gasteiger partial charge in [0.25, 0.3) is 0 Å². The van der Waals surface area contributed by atoms with Gasteiger partial charge in [0.05, 0.1) is 5.69 Å². The standard InChI is InChI=1S/C23H36N2.Pt/c1-14(2)10-20-12-17(7)13-21(11-15(3)4)23(20)22-18(8)24-25(16(5)6)19(22)9;/h12-16H,10-11H2,1-9H3;. The van der Waals surface area contributed by atoms with Crippen molar-refractivity contribution in [3.05, 3.63) is 40.2 Å². The third-order valence-electron chi connectivity index (χ3n) is 4.77. The molecule has 0 bridgehead atoms. The number of benzene rings is 1. The van der Waals surface area contributed by atoms with Gasteiger partial charge in [-0.15, -0.1) is 0 Å². The molecule has 0 spiro atoms.